The molecule has 0 bridgehead atoms. The Morgan fingerprint density at radius 3 is 2.89 bits per heavy atom. The number of hydrogen-bond acceptors (Lipinski definition) is 5. The predicted molar refractivity (Wildman–Crippen MR) is 68.4 cm³/mol. The Bertz CT molecular complexity index is 682. The Balaban J connectivity index is 2.33. The Kier molecular flexibility index (Phi) is 3.59. The lowest BCUT2D eigenvalue weighted by atomic mass is 10.2. The molecule has 0 saturated carbocycles. The molecule has 1 aromatic heterocycles. The van der Waals surface area contributed by atoms with E-state index >= 15 is 0 Å². The number of halogens is 1. The van der Waals surface area contributed by atoms with E-state index in [1.807, 2.05) is 6.07 Å². The van der Waals surface area contributed by atoms with E-state index in [9.17, 15) is 4.79 Å². The maximum atomic E-state index is 10.8. The zero-order chi connectivity index (χ0) is 13.8. The van der Waals surface area contributed by atoms with Crippen molar-refractivity contribution < 1.29 is 9.90 Å². The number of carboxylic acids is 1. The van der Waals surface area contributed by atoms with Crippen molar-refractivity contribution in [2.75, 3.05) is 5.32 Å². The Hall–Kier alpha value is -2.65. The van der Waals surface area contributed by atoms with Gasteiger partial charge >= 0.3 is 5.97 Å². The Morgan fingerprint density at radius 2 is 2.21 bits per heavy atom. The third kappa shape index (κ3) is 2.97. The molecule has 0 unspecified atom stereocenters. The van der Waals surface area contributed by atoms with Gasteiger partial charge in [-0.25, -0.2) is 9.78 Å². The maximum Gasteiger partial charge on any atom is 0.356 e. The fraction of sp³-hybridized carbons (Fsp3) is 0. The second-order valence-corrected chi connectivity index (χ2v) is 3.93. The minimum Gasteiger partial charge on any atom is -0.476 e. The molecule has 0 spiro atoms. The number of carbonyl (C=O) groups is 1. The molecule has 6 nitrogen and oxygen atoms in total. The highest BCUT2D eigenvalue weighted by molar-refractivity contribution is 6.33. The first kappa shape index (κ1) is 12.8. The summed E-state index contributed by atoms with van der Waals surface area (Å²) in [4.78, 5) is 18.4. The third-order valence-electron chi connectivity index (χ3n) is 2.21. The van der Waals surface area contributed by atoms with Gasteiger partial charge in [-0.05, 0) is 18.2 Å². The summed E-state index contributed by atoms with van der Waals surface area (Å²) in [6.45, 7) is 0. The number of nitrogens with one attached hydrogen (secondary N) is 1. The Labute approximate surface area is 113 Å². The Morgan fingerprint density at radius 1 is 1.42 bits per heavy atom. The number of hydrogen-bond donors (Lipinski definition) is 2. The average Bonchev–Trinajstić information content (AvgIpc) is 2.41. The molecule has 0 fully saturated rings. The summed E-state index contributed by atoms with van der Waals surface area (Å²) in [7, 11) is 0. The highest BCUT2D eigenvalue weighted by Crippen LogP contribution is 2.25. The lowest BCUT2D eigenvalue weighted by molar-refractivity contribution is 0.0690. The monoisotopic (exact) mass is 274 g/mol. The number of nitriles is 1. The van der Waals surface area contributed by atoms with E-state index in [0.717, 1.165) is 6.20 Å². The fourth-order valence-electron chi connectivity index (χ4n) is 1.36. The molecule has 0 radical (unpaired) electrons. The molecule has 1 heterocycles. The normalized spacial score (nSPS) is 9.68. The zero-order valence-corrected chi connectivity index (χ0v) is 10.2. The van der Waals surface area contributed by atoms with Gasteiger partial charge in [0.15, 0.2) is 5.69 Å². The summed E-state index contributed by atoms with van der Waals surface area (Å²) < 4.78 is 0. The van der Waals surface area contributed by atoms with E-state index in [1.165, 1.54) is 12.3 Å². The van der Waals surface area contributed by atoms with Crippen LogP contribution >= 0.6 is 11.6 Å². The van der Waals surface area contributed by atoms with Crippen LogP contribution in [-0.4, -0.2) is 21.0 Å². The van der Waals surface area contributed by atoms with Gasteiger partial charge in [0, 0.05) is 0 Å². The van der Waals surface area contributed by atoms with Gasteiger partial charge in [0.05, 0.1) is 34.7 Å². The number of nitrogens with zero attached hydrogens (tertiary/aromatic N) is 3. The summed E-state index contributed by atoms with van der Waals surface area (Å²) >= 11 is 5.97. The molecule has 94 valence electrons. The van der Waals surface area contributed by atoms with Gasteiger partial charge in [-0.15, -0.1) is 0 Å². The summed E-state index contributed by atoms with van der Waals surface area (Å²) in [6.07, 6.45) is 2.50. The number of aromatic carboxylic acids is 1. The molecule has 7 heteroatoms. The molecule has 1 aromatic carbocycles. The van der Waals surface area contributed by atoms with Crippen LogP contribution in [0.4, 0.5) is 11.5 Å². The number of aromatic nitrogens is 2. The predicted octanol–water partition coefficient (Wildman–Crippen LogP) is 2.44. The number of benzene rings is 1. The first-order chi connectivity index (χ1) is 9.10. The van der Waals surface area contributed by atoms with Crippen LogP contribution in [0.25, 0.3) is 0 Å². The van der Waals surface area contributed by atoms with Crippen LogP contribution in [0.5, 0.6) is 0 Å². The smallest absolute Gasteiger partial charge is 0.356 e. The first-order valence-corrected chi connectivity index (χ1v) is 5.50. The molecule has 2 N–H and O–H groups in total. The summed E-state index contributed by atoms with van der Waals surface area (Å²) in [5, 5.41) is 20.8. The molecule has 2 aromatic rings. The van der Waals surface area contributed by atoms with Crippen LogP contribution in [0, 0.1) is 11.3 Å². The van der Waals surface area contributed by atoms with Crippen LogP contribution in [0.1, 0.15) is 16.1 Å². The van der Waals surface area contributed by atoms with E-state index in [0.29, 0.717) is 16.3 Å². The van der Waals surface area contributed by atoms with Crippen LogP contribution in [0.15, 0.2) is 30.6 Å². The first-order valence-electron chi connectivity index (χ1n) is 5.12. The third-order valence-corrected chi connectivity index (χ3v) is 2.54. The molecule has 0 atom stereocenters. The van der Waals surface area contributed by atoms with E-state index < -0.39 is 5.97 Å². The van der Waals surface area contributed by atoms with Crippen molar-refractivity contribution in [1.82, 2.24) is 9.97 Å². The minimum absolute atomic E-state index is 0.183. The second-order valence-electron chi connectivity index (χ2n) is 3.53. The standard InChI is InChI=1S/C12H7ClN4O2/c13-8-2-1-7(4-14)3-9(8)16-11-6-15-5-10(17-11)12(18)19/h1-3,5-6H,(H,16,17)(H,18,19). The average molecular weight is 275 g/mol. The van der Waals surface area contributed by atoms with Gasteiger partial charge in [-0.2, -0.15) is 5.26 Å². The van der Waals surface area contributed by atoms with Crippen molar-refractivity contribution in [3.8, 4) is 6.07 Å². The number of carboxylic acid groups (broad SMARTS) is 1. The van der Waals surface area contributed by atoms with Gasteiger partial charge in [0.1, 0.15) is 5.82 Å². The van der Waals surface area contributed by atoms with Crippen molar-refractivity contribution in [3.63, 3.8) is 0 Å². The van der Waals surface area contributed by atoms with Crippen LogP contribution in [0.2, 0.25) is 5.02 Å². The largest absolute Gasteiger partial charge is 0.476 e. The summed E-state index contributed by atoms with van der Waals surface area (Å²) in [6, 6.07) is 6.66. The molecule has 0 aliphatic rings. The lowest BCUT2D eigenvalue weighted by Gasteiger charge is -2.07. The highest BCUT2D eigenvalue weighted by atomic mass is 35.5. The lowest BCUT2D eigenvalue weighted by Crippen LogP contribution is -2.04. The van der Waals surface area contributed by atoms with Gasteiger partial charge in [-0.1, -0.05) is 11.6 Å². The van der Waals surface area contributed by atoms with Crippen molar-refractivity contribution >= 4 is 29.1 Å². The maximum absolute atomic E-state index is 10.8. The second kappa shape index (κ2) is 5.33. The van der Waals surface area contributed by atoms with Crippen LogP contribution in [0.3, 0.4) is 0 Å². The van der Waals surface area contributed by atoms with Crippen LogP contribution < -0.4 is 5.32 Å². The van der Waals surface area contributed by atoms with Crippen molar-refractivity contribution in [2.24, 2.45) is 0 Å². The summed E-state index contributed by atoms with van der Waals surface area (Å²) in [5.74, 6) is -0.940. The van der Waals surface area contributed by atoms with Crippen molar-refractivity contribution in [1.29, 1.82) is 5.26 Å². The SMILES string of the molecule is N#Cc1ccc(Cl)c(Nc2cncc(C(=O)O)n2)c1. The van der Waals surface area contributed by atoms with E-state index in [1.54, 1.807) is 12.1 Å². The molecular weight excluding hydrogens is 268 g/mol. The number of rotatable bonds is 3. The van der Waals surface area contributed by atoms with Crippen LogP contribution in [-0.2, 0) is 0 Å². The molecule has 19 heavy (non-hydrogen) atoms. The van der Waals surface area contributed by atoms with Crippen molar-refractivity contribution in [3.05, 3.63) is 46.9 Å². The van der Waals surface area contributed by atoms with Gasteiger partial charge in [-0.3, -0.25) is 4.98 Å². The van der Waals surface area contributed by atoms with Gasteiger partial charge in [0.2, 0.25) is 0 Å². The van der Waals surface area contributed by atoms with E-state index in [4.69, 9.17) is 22.0 Å². The summed E-state index contributed by atoms with van der Waals surface area (Å²) in [5.41, 5.74) is 0.698. The van der Waals surface area contributed by atoms with E-state index in [2.05, 4.69) is 15.3 Å². The molecule has 2 rings (SSSR count). The van der Waals surface area contributed by atoms with Gasteiger partial charge in [0.25, 0.3) is 0 Å². The number of anilines is 2. The molecule has 0 aliphatic heterocycles. The molecular formula is C12H7ClN4O2. The zero-order valence-electron chi connectivity index (χ0n) is 9.46. The van der Waals surface area contributed by atoms with Crippen molar-refractivity contribution in [2.45, 2.75) is 0 Å². The molecule has 0 saturated heterocycles. The highest BCUT2D eigenvalue weighted by Gasteiger charge is 2.08. The topological polar surface area (TPSA) is 98.9 Å². The van der Waals surface area contributed by atoms with Gasteiger partial charge < -0.3 is 10.4 Å². The van der Waals surface area contributed by atoms with E-state index in [-0.39, 0.29) is 11.5 Å². The molecule has 0 amide bonds. The fourth-order valence-corrected chi connectivity index (χ4v) is 1.52. The minimum atomic E-state index is -1.17. The quantitative estimate of drug-likeness (QED) is 0.892. The molecule has 0 aliphatic carbocycles.